The topological polar surface area (TPSA) is 38.9 Å². The van der Waals surface area contributed by atoms with Crippen LogP contribution in [0, 0.1) is 13.8 Å². The molecule has 0 aliphatic carbocycles. The Balaban J connectivity index is 1.85. The second-order valence-electron chi connectivity index (χ2n) is 5.67. The summed E-state index contributed by atoms with van der Waals surface area (Å²) < 4.78 is 5.45. The minimum Gasteiger partial charge on any atom is -0.333 e. The summed E-state index contributed by atoms with van der Waals surface area (Å²) in [6.45, 7) is 6.37. The van der Waals surface area contributed by atoms with E-state index < -0.39 is 0 Å². The van der Waals surface area contributed by atoms with Crippen LogP contribution in [0.1, 0.15) is 35.8 Å². The van der Waals surface area contributed by atoms with Crippen LogP contribution < -0.4 is 0 Å². The summed E-state index contributed by atoms with van der Waals surface area (Å²) in [6.07, 6.45) is 3.56. The molecule has 0 aliphatic rings. The minimum absolute atomic E-state index is 0.613. The van der Waals surface area contributed by atoms with E-state index in [1.807, 2.05) is 0 Å². The van der Waals surface area contributed by atoms with Gasteiger partial charge in [-0.05, 0) is 51.0 Å². The molecule has 2 heterocycles. The average Bonchev–Trinajstić information content (AvgIpc) is 3.13. The van der Waals surface area contributed by atoms with Gasteiger partial charge in [0.1, 0.15) is 0 Å². The van der Waals surface area contributed by atoms with Crippen LogP contribution in [0.3, 0.4) is 0 Å². The molecule has 0 unspecified atom stereocenters. The first-order valence-electron chi connectivity index (χ1n) is 7.67. The summed E-state index contributed by atoms with van der Waals surface area (Å²) >= 11 is 1.74. The summed E-state index contributed by atoms with van der Waals surface area (Å²) in [5.41, 5.74) is 3.42. The van der Waals surface area contributed by atoms with Crippen LogP contribution in [-0.4, -0.2) is 10.1 Å². The predicted molar refractivity (Wildman–Crippen MR) is 91.1 cm³/mol. The first-order valence-corrected chi connectivity index (χ1v) is 8.49. The van der Waals surface area contributed by atoms with Crippen molar-refractivity contribution in [1.82, 2.24) is 10.1 Å². The van der Waals surface area contributed by atoms with Crippen molar-refractivity contribution in [1.29, 1.82) is 0 Å². The number of hydrogen-bond acceptors (Lipinski definition) is 4. The molecule has 0 radical (unpaired) electrons. The van der Waals surface area contributed by atoms with Gasteiger partial charge in [-0.25, -0.2) is 0 Å². The van der Waals surface area contributed by atoms with Gasteiger partial charge >= 0.3 is 0 Å². The largest absolute Gasteiger partial charge is 0.333 e. The lowest BCUT2D eigenvalue weighted by Gasteiger charge is -1.99. The molecule has 22 heavy (non-hydrogen) atoms. The molecule has 4 heteroatoms. The molecule has 3 aromatic rings. The molecule has 2 aromatic heterocycles. The minimum atomic E-state index is 0.613. The van der Waals surface area contributed by atoms with E-state index in [0.717, 1.165) is 16.9 Å². The van der Waals surface area contributed by atoms with Crippen molar-refractivity contribution >= 4 is 11.3 Å². The van der Waals surface area contributed by atoms with Crippen molar-refractivity contribution in [3.8, 4) is 22.2 Å². The molecule has 0 fully saturated rings. The Labute approximate surface area is 135 Å². The lowest BCUT2D eigenvalue weighted by atomic mass is 10.1. The maximum atomic E-state index is 5.45. The molecule has 0 aliphatic heterocycles. The number of thiophene rings is 1. The molecule has 1 aromatic carbocycles. The van der Waals surface area contributed by atoms with Crippen LogP contribution in [0.15, 0.2) is 34.9 Å². The molecular formula is C18H20N2OS. The van der Waals surface area contributed by atoms with Crippen LogP contribution in [0.2, 0.25) is 0 Å². The smallest absolute Gasteiger partial charge is 0.268 e. The second-order valence-corrected chi connectivity index (χ2v) is 6.84. The Hall–Kier alpha value is -1.94. The summed E-state index contributed by atoms with van der Waals surface area (Å²) in [5.74, 6) is 1.27. The molecule has 3 nitrogen and oxygen atoms in total. The van der Waals surface area contributed by atoms with Crippen molar-refractivity contribution in [2.24, 2.45) is 0 Å². The van der Waals surface area contributed by atoms with Crippen LogP contribution >= 0.6 is 11.3 Å². The Morgan fingerprint density at radius 3 is 2.59 bits per heavy atom. The van der Waals surface area contributed by atoms with E-state index in [9.17, 15) is 0 Å². The van der Waals surface area contributed by atoms with Gasteiger partial charge in [0.05, 0.1) is 4.88 Å². The molecule has 0 saturated carbocycles. The SMILES string of the molecule is CCCCc1ccc(-c2nc(-c3cc(C)cc(C)c3)no2)s1. The van der Waals surface area contributed by atoms with Crippen molar-refractivity contribution in [3.63, 3.8) is 0 Å². The van der Waals surface area contributed by atoms with Gasteiger partial charge < -0.3 is 4.52 Å². The third-order valence-electron chi connectivity index (χ3n) is 3.56. The highest BCUT2D eigenvalue weighted by Gasteiger charge is 2.13. The third kappa shape index (κ3) is 3.28. The first kappa shape index (κ1) is 15.0. The maximum Gasteiger partial charge on any atom is 0.268 e. The molecule has 0 bridgehead atoms. The van der Waals surface area contributed by atoms with Gasteiger partial charge in [-0.2, -0.15) is 4.98 Å². The van der Waals surface area contributed by atoms with Crippen molar-refractivity contribution < 1.29 is 4.52 Å². The summed E-state index contributed by atoms with van der Waals surface area (Å²) in [5, 5.41) is 4.14. The highest BCUT2D eigenvalue weighted by molar-refractivity contribution is 7.15. The van der Waals surface area contributed by atoms with Gasteiger partial charge in [-0.1, -0.05) is 35.7 Å². The fourth-order valence-electron chi connectivity index (χ4n) is 2.52. The van der Waals surface area contributed by atoms with E-state index in [2.05, 4.69) is 61.2 Å². The zero-order valence-electron chi connectivity index (χ0n) is 13.2. The van der Waals surface area contributed by atoms with E-state index in [4.69, 9.17) is 4.52 Å². The number of benzene rings is 1. The monoisotopic (exact) mass is 312 g/mol. The first-order chi connectivity index (χ1) is 10.7. The van der Waals surface area contributed by atoms with Gasteiger partial charge in [0, 0.05) is 10.4 Å². The maximum absolute atomic E-state index is 5.45. The fourth-order valence-corrected chi connectivity index (χ4v) is 3.49. The van der Waals surface area contributed by atoms with Crippen LogP contribution in [0.5, 0.6) is 0 Å². The van der Waals surface area contributed by atoms with Gasteiger partial charge in [-0.15, -0.1) is 11.3 Å². The predicted octanol–water partition coefficient (Wildman–Crippen LogP) is 5.42. The molecule has 0 saturated heterocycles. The third-order valence-corrected chi connectivity index (χ3v) is 4.69. The number of nitrogens with zero attached hydrogens (tertiary/aromatic N) is 2. The lowest BCUT2D eigenvalue weighted by molar-refractivity contribution is 0.433. The molecule has 0 atom stereocenters. The van der Waals surface area contributed by atoms with Crippen LogP contribution in [0.25, 0.3) is 22.2 Å². The average molecular weight is 312 g/mol. The Kier molecular flexibility index (Phi) is 4.39. The fraction of sp³-hybridized carbons (Fsp3) is 0.333. The Bertz CT molecular complexity index is 753. The Morgan fingerprint density at radius 1 is 1.09 bits per heavy atom. The van der Waals surface area contributed by atoms with E-state index >= 15 is 0 Å². The standard InChI is InChI=1S/C18H20N2OS/c1-4-5-6-15-7-8-16(22-15)18-19-17(20-21-18)14-10-12(2)9-13(3)11-14/h7-11H,4-6H2,1-3H3. The molecule has 0 amide bonds. The highest BCUT2D eigenvalue weighted by Crippen LogP contribution is 2.29. The number of hydrogen-bond donors (Lipinski definition) is 0. The summed E-state index contributed by atoms with van der Waals surface area (Å²) in [7, 11) is 0. The number of aromatic nitrogens is 2. The molecule has 0 spiro atoms. The van der Waals surface area contributed by atoms with Crippen molar-refractivity contribution in [2.45, 2.75) is 40.0 Å². The van der Waals surface area contributed by atoms with E-state index in [-0.39, 0.29) is 0 Å². The molecule has 0 N–H and O–H groups in total. The number of unbranched alkanes of at least 4 members (excludes halogenated alkanes) is 1. The van der Waals surface area contributed by atoms with E-state index in [0.29, 0.717) is 11.7 Å². The zero-order chi connectivity index (χ0) is 15.5. The molecule has 114 valence electrons. The van der Waals surface area contributed by atoms with Gasteiger partial charge in [0.2, 0.25) is 5.82 Å². The van der Waals surface area contributed by atoms with Crippen LogP contribution in [-0.2, 0) is 6.42 Å². The summed E-state index contributed by atoms with van der Waals surface area (Å²) in [6, 6.07) is 10.6. The zero-order valence-corrected chi connectivity index (χ0v) is 14.0. The van der Waals surface area contributed by atoms with Gasteiger partial charge in [-0.3, -0.25) is 0 Å². The highest BCUT2D eigenvalue weighted by atomic mass is 32.1. The van der Waals surface area contributed by atoms with Crippen molar-refractivity contribution in [3.05, 3.63) is 46.3 Å². The molecular weight excluding hydrogens is 292 g/mol. The lowest BCUT2D eigenvalue weighted by Crippen LogP contribution is -1.84. The van der Waals surface area contributed by atoms with Crippen LogP contribution in [0.4, 0.5) is 0 Å². The normalized spacial score (nSPS) is 11.0. The van der Waals surface area contributed by atoms with E-state index in [1.165, 1.54) is 28.8 Å². The van der Waals surface area contributed by atoms with Crippen molar-refractivity contribution in [2.75, 3.05) is 0 Å². The Morgan fingerprint density at radius 2 is 1.86 bits per heavy atom. The second kappa shape index (κ2) is 6.44. The summed E-state index contributed by atoms with van der Waals surface area (Å²) in [4.78, 5) is 6.99. The van der Waals surface area contributed by atoms with E-state index in [1.54, 1.807) is 11.3 Å². The van der Waals surface area contributed by atoms with Gasteiger partial charge in [0.25, 0.3) is 5.89 Å². The van der Waals surface area contributed by atoms with Gasteiger partial charge in [0.15, 0.2) is 0 Å². The molecule has 3 rings (SSSR count). The number of aryl methyl sites for hydroxylation is 3. The number of rotatable bonds is 5. The quantitative estimate of drug-likeness (QED) is 0.631.